The Morgan fingerprint density at radius 3 is 2.06 bits per heavy atom. The normalized spacial score (nSPS) is 12.1. The number of nitrogens with zero attached hydrogens (tertiary/aromatic N) is 4. The molecule has 334 valence electrons. The lowest BCUT2D eigenvalue weighted by molar-refractivity contribution is -0.385. The van der Waals surface area contributed by atoms with Crippen LogP contribution in [0, 0.1) is 21.4 Å². The van der Waals surface area contributed by atoms with Crippen LogP contribution in [0.25, 0.3) is 0 Å². The highest BCUT2D eigenvalue weighted by atomic mass is 79.9. The van der Waals surface area contributed by atoms with Gasteiger partial charge in [0.05, 0.1) is 60.2 Å². The average Bonchev–Trinajstić information content (AvgIpc) is 3.73. The summed E-state index contributed by atoms with van der Waals surface area (Å²) in [6.07, 6.45) is 0.424. The minimum absolute atomic E-state index is 0.0687. The van der Waals surface area contributed by atoms with Crippen LogP contribution in [0.4, 0.5) is 28.4 Å². The zero-order valence-electron chi connectivity index (χ0n) is 33.7. The lowest BCUT2D eigenvalue weighted by atomic mass is 10.1. The van der Waals surface area contributed by atoms with Gasteiger partial charge >= 0.3 is 11.9 Å². The lowest BCUT2D eigenvalue weighted by Gasteiger charge is -2.20. The van der Waals surface area contributed by atoms with E-state index in [-0.39, 0.29) is 44.1 Å². The Kier molecular flexibility index (Phi) is 13.3. The second-order valence-corrected chi connectivity index (χ2v) is 19.8. The molecule has 66 heavy (non-hydrogen) atoms. The van der Waals surface area contributed by atoms with Gasteiger partial charge in [0.25, 0.3) is 37.5 Å². The molecule has 17 nitrogen and oxygen atoms in total. The first kappa shape index (κ1) is 46.8. The van der Waals surface area contributed by atoms with E-state index in [0.29, 0.717) is 22.2 Å². The number of amides is 2. The number of non-ortho nitro benzene ring substituents is 1. The third-order valence-corrected chi connectivity index (χ3v) is 14.6. The summed E-state index contributed by atoms with van der Waals surface area (Å²) in [7, 11) is -7.44. The molecular weight excluding hydrogens is 1000 g/mol. The number of nitro groups is 1. The number of nitriles is 1. The van der Waals surface area contributed by atoms with Crippen LogP contribution >= 0.6 is 39.1 Å². The lowest BCUT2D eigenvalue weighted by Crippen LogP contribution is -2.29. The number of hydrogen-bond acceptors (Lipinski definition) is 12. The topological polar surface area (TPSA) is 243 Å². The van der Waals surface area contributed by atoms with Gasteiger partial charge in [-0.15, -0.1) is 0 Å². The summed E-state index contributed by atoms with van der Waals surface area (Å²) < 4.78 is 62.3. The molecule has 0 saturated heterocycles. The van der Waals surface area contributed by atoms with Gasteiger partial charge in [0.1, 0.15) is 0 Å². The van der Waals surface area contributed by atoms with Gasteiger partial charge in [-0.3, -0.25) is 28.3 Å². The Hall–Kier alpha value is -7.15. The number of nitro benzene ring substituents is 1. The molecule has 6 aromatic rings. The maximum Gasteiger partial charge on any atom is 0.348 e. The molecule has 0 saturated carbocycles. The van der Waals surface area contributed by atoms with Gasteiger partial charge in [0.15, 0.2) is 0 Å². The molecule has 0 fully saturated rings. The van der Waals surface area contributed by atoms with Crippen molar-refractivity contribution in [2.75, 3.05) is 32.8 Å². The number of halogens is 3. The number of rotatable bonds is 12. The molecule has 7 rings (SSSR count). The van der Waals surface area contributed by atoms with Crippen molar-refractivity contribution >= 4 is 111 Å². The molecule has 2 amide bonds. The van der Waals surface area contributed by atoms with Crippen LogP contribution in [-0.4, -0.2) is 59.1 Å². The molecule has 0 atom stereocenters. The molecule has 2 N–H and O–H groups in total. The molecule has 0 spiro atoms. The van der Waals surface area contributed by atoms with Crippen molar-refractivity contribution in [2.45, 2.75) is 16.2 Å². The predicted octanol–water partition coefficient (Wildman–Crippen LogP) is 8.61. The first-order valence-corrected chi connectivity index (χ1v) is 23.4. The number of sulfonamides is 2. The second-order valence-electron chi connectivity index (χ2n) is 14.2. The standard InChI is InChI=1S/C44H29BrCl2N6O11S2/c1-51(32-10-7-30(46)8-11-32)65(60,61)35-21-28(19-33(23-35)53(58)59)42(55)50-39-13-6-29(45)22-37(39)44(57)64-43(56)36-17-25(24-48)5-12-38(36)49-41(54)27-3-2-4-34(20-27)66(62,63)52-16-15-26-18-31(47)9-14-40(26)52/h2-14,17-23H,15-16H2,1H3,(H,49,54)(H,50,55). The van der Waals surface area contributed by atoms with E-state index in [1.54, 1.807) is 18.2 Å². The zero-order chi connectivity index (χ0) is 47.7. The maximum atomic E-state index is 13.7. The van der Waals surface area contributed by atoms with E-state index in [9.17, 15) is 51.4 Å². The van der Waals surface area contributed by atoms with Crippen molar-refractivity contribution in [2.24, 2.45) is 0 Å². The molecule has 0 aromatic heterocycles. The van der Waals surface area contributed by atoms with Crippen LogP contribution in [0.3, 0.4) is 0 Å². The van der Waals surface area contributed by atoms with Crippen molar-refractivity contribution in [3.8, 4) is 6.07 Å². The van der Waals surface area contributed by atoms with Crippen LogP contribution in [0.2, 0.25) is 10.0 Å². The highest BCUT2D eigenvalue weighted by Crippen LogP contribution is 2.35. The monoisotopic (exact) mass is 1030 g/mol. The molecular formula is C44H29BrCl2N6O11S2. The summed E-state index contributed by atoms with van der Waals surface area (Å²) in [5.41, 5.74) is -1.45. The minimum Gasteiger partial charge on any atom is -0.386 e. The highest BCUT2D eigenvalue weighted by Gasteiger charge is 2.32. The van der Waals surface area contributed by atoms with Crippen molar-refractivity contribution in [1.29, 1.82) is 5.26 Å². The molecule has 22 heteroatoms. The summed E-state index contributed by atoms with van der Waals surface area (Å²) >= 11 is 15.3. The third kappa shape index (κ3) is 9.75. The average molecular weight is 1030 g/mol. The van der Waals surface area contributed by atoms with Crippen molar-refractivity contribution in [1.82, 2.24) is 0 Å². The molecule has 0 aliphatic carbocycles. The second kappa shape index (κ2) is 18.8. The van der Waals surface area contributed by atoms with E-state index in [4.69, 9.17) is 27.9 Å². The first-order valence-electron chi connectivity index (χ1n) is 18.9. The number of benzene rings is 6. The van der Waals surface area contributed by atoms with Gasteiger partial charge in [-0.1, -0.05) is 45.2 Å². The van der Waals surface area contributed by atoms with Gasteiger partial charge in [0, 0.05) is 51.4 Å². The predicted molar refractivity (Wildman–Crippen MR) is 247 cm³/mol. The Labute approximate surface area is 394 Å². The summed E-state index contributed by atoms with van der Waals surface area (Å²) in [6.45, 7) is 0.146. The number of fused-ring (bicyclic) bond motifs is 1. The fraction of sp³-hybridized carbons (Fsp3) is 0.0682. The molecule has 1 heterocycles. The van der Waals surface area contributed by atoms with Gasteiger partial charge in [0.2, 0.25) is 0 Å². The molecule has 1 aliphatic heterocycles. The van der Waals surface area contributed by atoms with E-state index in [2.05, 4.69) is 26.6 Å². The van der Waals surface area contributed by atoms with Gasteiger partial charge in [-0.2, -0.15) is 5.26 Å². The molecule has 0 radical (unpaired) electrons. The van der Waals surface area contributed by atoms with Gasteiger partial charge in [-0.05, 0) is 115 Å². The van der Waals surface area contributed by atoms with E-state index in [1.807, 2.05) is 6.07 Å². The van der Waals surface area contributed by atoms with Gasteiger partial charge < -0.3 is 15.4 Å². The number of hydrogen-bond donors (Lipinski definition) is 2. The summed E-state index contributed by atoms with van der Waals surface area (Å²) in [5, 5.41) is 27.2. The number of esters is 2. The Morgan fingerprint density at radius 2 is 1.39 bits per heavy atom. The quantitative estimate of drug-likeness (QED) is 0.0507. The van der Waals surface area contributed by atoms with Crippen LogP contribution in [0.1, 0.15) is 52.6 Å². The van der Waals surface area contributed by atoms with E-state index >= 15 is 0 Å². The smallest absolute Gasteiger partial charge is 0.348 e. The molecule has 6 aromatic carbocycles. The van der Waals surface area contributed by atoms with Gasteiger partial charge in [-0.25, -0.2) is 26.4 Å². The Balaban J connectivity index is 1.12. The van der Waals surface area contributed by atoms with Crippen LogP contribution in [0.15, 0.2) is 136 Å². The number of nitrogens with one attached hydrogen (secondary N) is 2. The molecule has 1 aliphatic rings. The van der Waals surface area contributed by atoms with Crippen LogP contribution in [0.5, 0.6) is 0 Å². The van der Waals surface area contributed by atoms with Crippen molar-refractivity contribution in [3.05, 3.63) is 179 Å². The van der Waals surface area contributed by atoms with E-state index in [1.165, 1.54) is 84.1 Å². The number of carbonyl (C=O) groups is 4. The Bertz CT molecular complexity index is 3310. The maximum absolute atomic E-state index is 13.7. The zero-order valence-corrected chi connectivity index (χ0v) is 38.4. The highest BCUT2D eigenvalue weighted by molar-refractivity contribution is 9.10. The summed E-state index contributed by atoms with van der Waals surface area (Å²) in [6, 6.07) is 27.4. The first-order chi connectivity index (χ1) is 31.3. The van der Waals surface area contributed by atoms with Crippen molar-refractivity contribution in [3.63, 3.8) is 0 Å². The molecule has 0 bridgehead atoms. The largest absolute Gasteiger partial charge is 0.386 e. The third-order valence-electron chi connectivity index (χ3n) is 10.0. The fourth-order valence-electron chi connectivity index (χ4n) is 6.70. The Morgan fingerprint density at radius 1 is 0.773 bits per heavy atom. The van der Waals surface area contributed by atoms with E-state index < -0.39 is 76.0 Å². The fourth-order valence-corrected chi connectivity index (χ4v) is 10.2. The number of ether oxygens (including phenoxy) is 1. The van der Waals surface area contributed by atoms with Crippen LogP contribution in [-0.2, 0) is 31.2 Å². The SMILES string of the molecule is CN(c1ccc(Cl)cc1)S(=O)(=O)c1cc(C(=O)Nc2ccc(Br)cc2C(=O)OC(=O)c2cc(C#N)ccc2NC(=O)c2cccc(S(=O)(=O)N3CCc4cc(Cl)ccc43)c2)cc([N+](=O)[O-])c1. The molecule has 0 unspecified atom stereocenters. The van der Waals surface area contributed by atoms with Crippen LogP contribution < -0.4 is 19.2 Å². The minimum atomic E-state index is -4.50. The summed E-state index contributed by atoms with van der Waals surface area (Å²) in [4.78, 5) is 64.9. The number of carbonyl (C=O) groups excluding carboxylic acids is 4. The van der Waals surface area contributed by atoms with Crippen molar-refractivity contribution < 1.29 is 45.7 Å². The summed E-state index contributed by atoms with van der Waals surface area (Å²) in [5.74, 6) is -4.65. The number of anilines is 4. The van der Waals surface area contributed by atoms with E-state index in [0.717, 1.165) is 40.2 Å².